The van der Waals surface area contributed by atoms with Gasteiger partial charge in [-0.1, -0.05) is 65.7 Å². The van der Waals surface area contributed by atoms with Crippen LogP contribution in [0.25, 0.3) is 0 Å². The molecule has 2 N–H and O–H groups in total. The summed E-state index contributed by atoms with van der Waals surface area (Å²) in [6.45, 7) is 0.410. The van der Waals surface area contributed by atoms with Crippen molar-refractivity contribution in [1.29, 1.82) is 0 Å². The van der Waals surface area contributed by atoms with E-state index in [0.29, 0.717) is 40.7 Å². The number of urea groups is 1. The number of nitrogens with one attached hydrogen (secondary N) is 2. The molecule has 1 aromatic heterocycles. The summed E-state index contributed by atoms with van der Waals surface area (Å²) in [4.78, 5) is 35.1. The van der Waals surface area contributed by atoms with Crippen molar-refractivity contribution in [2.24, 2.45) is 0 Å². The summed E-state index contributed by atoms with van der Waals surface area (Å²) in [5.74, 6) is -0.517. The van der Waals surface area contributed by atoms with Crippen molar-refractivity contribution in [3.8, 4) is 0 Å². The highest BCUT2D eigenvalue weighted by atomic mass is 35.5. The lowest BCUT2D eigenvalue weighted by molar-refractivity contribution is -0.142. The highest BCUT2D eigenvalue weighted by Gasteiger charge is 2.37. The molecule has 0 radical (unpaired) electrons. The fourth-order valence-electron chi connectivity index (χ4n) is 3.96. The third-order valence-corrected chi connectivity index (χ3v) is 6.36. The number of halogens is 2. The molecule has 0 aliphatic carbocycles. The van der Waals surface area contributed by atoms with Gasteiger partial charge in [-0.15, -0.1) is 0 Å². The topological polar surface area (TPSA) is 87.3 Å². The first kappa shape index (κ1) is 22.2. The Bertz CT molecular complexity index is 1120. The summed E-state index contributed by atoms with van der Waals surface area (Å²) in [6, 6.07) is 12.9. The van der Waals surface area contributed by atoms with E-state index in [4.69, 9.17) is 27.9 Å². The van der Waals surface area contributed by atoms with Crippen LogP contribution in [0.5, 0.6) is 0 Å². The van der Waals surface area contributed by atoms with Crippen LogP contribution < -0.4 is 5.32 Å². The van der Waals surface area contributed by atoms with Crippen molar-refractivity contribution in [1.82, 2.24) is 20.2 Å². The first-order valence-corrected chi connectivity index (χ1v) is 10.9. The molecule has 0 fully saturated rings. The van der Waals surface area contributed by atoms with Crippen molar-refractivity contribution in [2.75, 3.05) is 13.7 Å². The average molecular weight is 473 g/mol. The third-order valence-electron chi connectivity index (χ3n) is 5.53. The lowest BCUT2D eigenvalue weighted by Crippen LogP contribution is -2.52. The van der Waals surface area contributed by atoms with E-state index in [9.17, 15) is 9.59 Å². The predicted octanol–water partition coefficient (Wildman–Crippen LogP) is 4.16. The number of carbonyl (C=O) groups excluding carboxylic acids is 2. The molecule has 3 aromatic rings. The SMILES string of the molecule is COC(=O)C(Cc1ccccc1)NC(=O)N1CCc2[nH]cnc2C1c1cccc(Cl)c1Cl. The lowest BCUT2D eigenvalue weighted by atomic mass is 9.95. The fourth-order valence-corrected chi connectivity index (χ4v) is 4.37. The highest BCUT2D eigenvalue weighted by molar-refractivity contribution is 6.42. The Morgan fingerprint density at radius 1 is 1.22 bits per heavy atom. The Labute approximate surface area is 195 Å². The number of esters is 1. The average Bonchev–Trinajstić information content (AvgIpc) is 3.29. The van der Waals surface area contributed by atoms with Crippen molar-refractivity contribution in [2.45, 2.75) is 24.9 Å². The summed E-state index contributed by atoms with van der Waals surface area (Å²) in [5, 5.41) is 3.60. The maximum absolute atomic E-state index is 13.4. The Kier molecular flexibility index (Phi) is 6.67. The van der Waals surface area contributed by atoms with E-state index in [1.54, 1.807) is 23.4 Å². The number of H-pyrrole nitrogens is 1. The van der Waals surface area contributed by atoms with E-state index in [-0.39, 0.29) is 0 Å². The van der Waals surface area contributed by atoms with Crippen LogP contribution in [0.1, 0.15) is 28.6 Å². The minimum absolute atomic E-state index is 0.309. The number of rotatable bonds is 5. The number of benzene rings is 2. The van der Waals surface area contributed by atoms with Crippen molar-refractivity contribution < 1.29 is 14.3 Å². The van der Waals surface area contributed by atoms with Gasteiger partial charge in [-0.05, 0) is 11.6 Å². The third kappa shape index (κ3) is 4.45. The molecule has 0 spiro atoms. The minimum Gasteiger partial charge on any atom is -0.467 e. The molecular weight excluding hydrogens is 451 g/mol. The quantitative estimate of drug-likeness (QED) is 0.545. The maximum Gasteiger partial charge on any atom is 0.328 e. The molecule has 2 aromatic carbocycles. The molecule has 0 saturated carbocycles. The summed E-state index contributed by atoms with van der Waals surface area (Å²) in [6.07, 6.45) is 2.51. The van der Waals surface area contributed by atoms with E-state index in [1.807, 2.05) is 36.4 Å². The molecule has 7 nitrogen and oxygen atoms in total. The van der Waals surface area contributed by atoms with Gasteiger partial charge >= 0.3 is 12.0 Å². The van der Waals surface area contributed by atoms with E-state index in [1.165, 1.54) is 7.11 Å². The number of methoxy groups -OCH3 is 1. The van der Waals surface area contributed by atoms with Gasteiger partial charge in [-0.2, -0.15) is 0 Å². The molecule has 166 valence electrons. The van der Waals surface area contributed by atoms with Crippen molar-refractivity contribution in [3.05, 3.63) is 87.4 Å². The van der Waals surface area contributed by atoms with Crippen LogP contribution in [0.4, 0.5) is 4.79 Å². The zero-order chi connectivity index (χ0) is 22.7. The smallest absolute Gasteiger partial charge is 0.328 e. The zero-order valence-corrected chi connectivity index (χ0v) is 18.9. The largest absolute Gasteiger partial charge is 0.467 e. The van der Waals surface area contributed by atoms with Crippen LogP contribution in [0.15, 0.2) is 54.9 Å². The number of imidazole rings is 1. The molecule has 4 rings (SSSR count). The van der Waals surface area contributed by atoms with E-state index >= 15 is 0 Å². The Morgan fingerprint density at radius 2 is 2.00 bits per heavy atom. The summed E-state index contributed by atoms with van der Waals surface area (Å²) in [7, 11) is 1.30. The number of amides is 2. The van der Waals surface area contributed by atoms with E-state index in [0.717, 1.165) is 11.3 Å². The number of aromatic amines is 1. The molecule has 0 bridgehead atoms. The number of nitrogens with zero attached hydrogens (tertiary/aromatic N) is 2. The molecule has 9 heteroatoms. The van der Waals surface area contributed by atoms with Gasteiger partial charge in [-0.3, -0.25) is 0 Å². The van der Waals surface area contributed by atoms with Gasteiger partial charge in [0.05, 0.1) is 29.2 Å². The van der Waals surface area contributed by atoms with Gasteiger partial charge in [0.1, 0.15) is 12.1 Å². The summed E-state index contributed by atoms with van der Waals surface area (Å²) in [5.41, 5.74) is 3.21. The lowest BCUT2D eigenvalue weighted by Gasteiger charge is -2.36. The molecule has 2 amide bonds. The van der Waals surface area contributed by atoms with Gasteiger partial charge in [0.25, 0.3) is 0 Å². The highest BCUT2D eigenvalue weighted by Crippen LogP contribution is 2.39. The second-order valence-electron chi connectivity index (χ2n) is 7.47. The predicted molar refractivity (Wildman–Crippen MR) is 122 cm³/mol. The number of aromatic nitrogens is 2. The molecule has 2 atom stereocenters. The van der Waals surface area contributed by atoms with Crippen LogP contribution in [0.3, 0.4) is 0 Å². The van der Waals surface area contributed by atoms with Crippen molar-refractivity contribution in [3.63, 3.8) is 0 Å². The Morgan fingerprint density at radius 3 is 2.75 bits per heavy atom. The van der Waals surface area contributed by atoms with E-state index in [2.05, 4.69) is 15.3 Å². The van der Waals surface area contributed by atoms with Crippen molar-refractivity contribution >= 4 is 35.2 Å². The number of carbonyl (C=O) groups is 2. The first-order valence-electron chi connectivity index (χ1n) is 10.1. The van der Waals surface area contributed by atoms with Gasteiger partial charge < -0.3 is 19.9 Å². The fraction of sp³-hybridized carbons (Fsp3) is 0.261. The Hall–Kier alpha value is -3.03. The standard InChI is InChI=1S/C23H22Cl2N4O3/c1-32-22(30)18(12-14-6-3-2-4-7-14)28-23(31)29-11-10-17-20(27-13-26-17)21(29)15-8-5-9-16(24)19(15)25/h2-9,13,18,21H,10-12H2,1H3,(H,26,27)(H,28,31). The number of ether oxygens (including phenoxy) is 1. The molecule has 2 heterocycles. The van der Waals surface area contributed by atoms with E-state index < -0.39 is 24.1 Å². The molecule has 2 unspecified atom stereocenters. The molecular formula is C23H22Cl2N4O3. The summed E-state index contributed by atoms with van der Waals surface area (Å²) >= 11 is 12.8. The monoisotopic (exact) mass is 472 g/mol. The first-order chi connectivity index (χ1) is 15.5. The zero-order valence-electron chi connectivity index (χ0n) is 17.3. The normalized spacial score (nSPS) is 16.2. The molecule has 1 aliphatic heterocycles. The van der Waals surface area contributed by atoms with Gasteiger partial charge in [0.2, 0.25) is 0 Å². The van der Waals surface area contributed by atoms with Crippen LogP contribution in [0.2, 0.25) is 10.0 Å². The van der Waals surface area contributed by atoms with Crippen LogP contribution in [0, 0.1) is 0 Å². The van der Waals surface area contributed by atoms with Crippen LogP contribution in [-0.4, -0.2) is 46.6 Å². The van der Waals surface area contributed by atoms with Gasteiger partial charge in [0, 0.05) is 30.6 Å². The molecule has 32 heavy (non-hydrogen) atoms. The molecule has 0 saturated heterocycles. The minimum atomic E-state index is -0.842. The van der Waals surface area contributed by atoms with Gasteiger partial charge in [-0.25, -0.2) is 14.6 Å². The van der Waals surface area contributed by atoms with Crippen LogP contribution in [-0.2, 0) is 22.4 Å². The van der Waals surface area contributed by atoms with Gasteiger partial charge in [0.15, 0.2) is 0 Å². The Balaban J connectivity index is 1.64. The second kappa shape index (κ2) is 9.63. The number of hydrogen-bond acceptors (Lipinski definition) is 4. The second-order valence-corrected chi connectivity index (χ2v) is 8.26. The maximum atomic E-state index is 13.4. The summed E-state index contributed by atoms with van der Waals surface area (Å²) < 4.78 is 4.93. The van der Waals surface area contributed by atoms with Crippen LogP contribution >= 0.6 is 23.2 Å². The molecule has 1 aliphatic rings. The number of fused-ring (bicyclic) bond motifs is 1. The number of hydrogen-bond donors (Lipinski definition) is 2.